The summed E-state index contributed by atoms with van der Waals surface area (Å²) >= 11 is 5.93. The molecule has 1 heterocycles. The van der Waals surface area contributed by atoms with Gasteiger partial charge in [0, 0.05) is 0 Å². The fourth-order valence-electron chi connectivity index (χ4n) is 1.40. The van der Waals surface area contributed by atoms with Gasteiger partial charge in [-0.1, -0.05) is 23.7 Å². The van der Waals surface area contributed by atoms with Gasteiger partial charge < -0.3 is 9.73 Å². The highest BCUT2D eigenvalue weighted by molar-refractivity contribution is 6.33. The lowest BCUT2D eigenvalue weighted by Gasteiger charge is -2.05. The Balaban J connectivity index is 2.03. The summed E-state index contributed by atoms with van der Waals surface area (Å²) in [5.41, 5.74) is 1.32. The normalized spacial score (nSPS) is 10.2. The third-order valence-electron chi connectivity index (χ3n) is 2.31. The van der Waals surface area contributed by atoms with E-state index in [4.69, 9.17) is 16.0 Å². The highest BCUT2D eigenvalue weighted by Gasteiger charge is 2.11. The number of nitrogens with one attached hydrogen (secondary N) is 1. The molecule has 17 heavy (non-hydrogen) atoms. The second kappa shape index (κ2) is 5.01. The molecule has 0 aliphatic heterocycles. The van der Waals surface area contributed by atoms with Gasteiger partial charge in [0.2, 0.25) is 5.91 Å². The first-order valence-electron chi connectivity index (χ1n) is 5.10. The van der Waals surface area contributed by atoms with Crippen LogP contribution >= 0.6 is 11.6 Å². The molecule has 4 nitrogen and oxygen atoms in total. The van der Waals surface area contributed by atoms with Crippen molar-refractivity contribution in [3.05, 3.63) is 47.1 Å². The minimum atomic E-state index is -0.182. The summed E-state index contributed by atoms with van der Waals surface area (Å²) in [5, 5.41) is 3.23. The molecule has 0 radical (unpaired) electrons. The maximum Gasteiger partial charge on any atom is 0.232 e. The Kier molecular flexibility index (Phi) is 3.44. The highest BCUT2D eigenvalue weighted by Crippen LogP contribution is 2.20. The summed E-state index contributed by atoms with van der Waals surface area (Å²) in [4.78, 5) is 15.6. The van der Waals surface area contributed by atoms with E-state index >= 15 is 0 Å². The molecular formula is C12H11ClN2O2. The number of oxazole rings is 1. The number of nitrogens with zero attached hydrogens (tertiary/aromatic N) is 1. The Morgan fingerprint density at radius 2 is 2.24 bits per heavy atom. The van der Waals surface area contributed by atoms with Crippen molar-refractivity contribution in [3.63, 3.8) is 0 Å². The van der Waals surface area contributed by atoms with E-state index in [1.165, 1.54) is 6.39 Å². The number of rotatable bonds is 3. The molecule has 88 valence electrons. The van der Waals surface area contributed by atoms with Gasteiger partial charge in [0.15, 0.2) is 6.39 Å². The molecule has 0 spiro atoms. The maximum absolute atomic E-state index is 11.7. The molecule has 0 unspecified atom stereocenters. The molecule has 0 bridgehead atoms. The predicted octanol–water partition coefficient (Wildman–Crippen LogP) is 2.82. The van der Waals surface area contributed by atoms with Crippen LogP contribution < -0.4 is 5.32 Å². The first-order valence-corrected chi connectivity index (χ1v) is 5.48. The zero-order valence-corrected chi connectivity index (χ0v) is 9.99. The molecule has 1 aromatic carbocycles. The van der Waals surface area contributed by atoms with Crippen molar-refractivity contribution in [1.82, 2.24) is 4.98 Å². The van der Waals surface area contributed by atoms with E-state index in [-0.39, 0.29) is 12.3 Å². The molecule has 0 atom stereocenters. The summed E-state index contributed by atoms with van der Waals surface area (Å²) in [6, 6.07) is 7.07. The zero-order chi connectivity index (χ0) is 12.3. The first kappa shape index (κ1) is 11.7. The van der Waals surface area contributed by atoms with Gasteiger partial charge in [-0.05, 0) is 19.1 Å². The van der Waals surface area contributed by atoms with E-state index in [2.05, 4.69) is 10.3 Å². The number of hydrogen-bond acceptors (Lipinski definition) is 3. The van der Waals surface area contributed by atoms with E-state index in [0.717, 1.165) is 5.69 Å². The summed E-state index contributed by atoms with van der Waals surface area (Å²) in [6.45, 7) is 1.79. The van der Waals surface area contributed by atoms with Gasteiger partial charge in [-0.15, -0.1) is 0 Å². The number of hydrogen-bond donors (Lipinski definition) is 1. The fraction of sp³-hybridized carbons (Fsp3) is 0.167. The minimum absolute atomic E-state index is 0.150. The molecule has 1 amide bonds. The molecule has 5 heteroatoms. The molecule has 0 saturated carbocycles. The van der Waals surface area contributed by atoms with Crippen LogP contribution in [-0.4, -0.2) is 10.9 Å². The van der Waals surface area contributed by atoms with Gasteiger partial charge >= 0.3 is 0 Å². The third-order valence-corrected chi connectivity index (χ3v) is 2.64. The van der Waals surface area contributed by atoms with Crippen molar-refractivity contribution < 1.29 is 9.21 Å². The lowest BCUT2D eigenvalue weighted by Crippen LogP contribution is -2.14. The van der Waals surface area contributed by atoms with Crippen LogP contribution in [0, 0.1) is 6.92 Å². The second-order valence-corrected chi connectivity index (χ2v) is 3.97. The topological polar surface area (TPSA) is 55.1 Å². The number of carbonyl (C=O) groups is 1. The molecular weight excluding hydrogens is 240 g/mol. The fourth-order valence-corrected chi connectivity index (χ4v) is 1.58. The molecule has 0 fully saturated rings. The SMILES string of the molecule is Cc1ncoc1CC(=O)Nc1ccccc1Cl. The van der Waals surface area contributed by atoms with E-state index in [1.807, 2.05) is 0 Å². The molecule has 0 saturated heterocycles. The van der Waals surface area contributed by atoms with Crippen molar-refractivity contribution in [2.45, 2.75) is 13.3 Å². The average molecular weight is 251 g/mol. The Bertz CT molecular complexity index is 537. The quantitative estimate of drug-likeness (QED) is 0.911. The maximum atomic E-state index is 11.7. The van der Waals surface area contributed by atoms with Crippen LogP contribution in [0.1, 0.15) is 11.5 Å². The Morgan fingerprint density at radius 1 is 1.47 bits per heavy atom. The van der Waals surface area contributed by atoms with Crippen LogP contribution in [0.4, 0.5) is 5.69 Å². The molecule has 0 aliphatic carbocycles. The van der Waals surface area contributed by atoms with Gasteiger partial charge in [0.05, 0.1) is 22.8 Å². The number of amides is 1. The van der Waals surface area contributed by atoms with Crippen LogP contribution in [-0.2, 0) is 11.2 Å². The minimum Gasteiger partial charge on any atom is -0.448 e. The van der Waals surface area contributed by atoms with Crippen LogP contribution in [0.25, 0.3) is 0 Å². The average Bonchev–Trinajstić information content (AvgIpc) is 2.68. The van der Waals surface area contributed by atoms with Crippen LogP contribution in [0.5, 0.6) is 0 Å². The van der Waals surface area contributed by atoms with Gasteiger partial charge in [0.1, 0.15) is 5.76 Å². The number of aryl methyl sites for hydroxylation is 1. The molecule has 0 aliphatic rings. The van der Waals surface area contributed by atoms with Crippen molar-refractivity contribution in [2.75, 3.05) is 5.32 Å². The van der Waals surface area contributed by atoms with Gasteiger partial charge in [-0.2, -0.15) is 0 Å². The Labute approximate surface area is 104 Å². The molecule has 2 aromatic rings. The van der Waals surface area contributed by atoms with E-state index < -0.39 is 0 Å². The number of carbonyl (C=O) groups excluding carboxylic acids is 1. The number of halogens is 1. The van der Waals surface area contributed by atoms with Gasteiger partial charge in [-0.3, -0.25) is 4.79 Å². The summed E-state index contributed by atoms with van der Waals surface area (Å²) in [7, 11) is 0. The zero-order valence-electron chi connectivity index (χ0n) is 9.24. The molecule has 2 rings (SSSR count). The smallest absolute Gasteiger partial charge is 0.232 e. The summed E-state index contributed by atoms with van der Waals surface area (Å²) in [6.07, 6.45) is 1.48. The van der Waals surface area contributed by atoms with Crippen LogP contribution in [0.15, 0.2) is 35.1 Å². The van der Waals surface area contributed by atoms with E-state index in [1.54, 1.807) is 31.2 Å². The van der Waals surface area contributed by atoms with Crippen molar-refractivity contribution in [3.8, 4) is 0 Å². The van der Waals surface area contributed by atoms with Gasteiger partial charge in [0.25, 0.3) is 0 Å². The monoisotopic (exact) mass is 250 g/mol. The largest absolute Gasteiger partial charge is 0.448 e. The predicted molar refractivity (Wildman–Crippen MR) is 65.0 cm³/mol. The first-order chi connectivity index (χ1) is 8.16. The molecule has 1 aromatic heterocycles. The van der Waals surface area contributed by atoms with E-state index in [9.17, 15) is 4.79 Å². The van der Waals surface area contributed by atoms with Crippen LogP contribution in [0.3, 0.4) is 0 Å². The van der Waals surface area contributed by atoms with Crippen molar-refractivity contribution in [1.29, 1.82) is 0 Å². The number of benzene rings is 1. The Hall–Kier alpha value is -1.81. The summed E-state index contributed by atoms with van der Waals surface area (Å²) < 4.78 is 5.10. The standard InChI is InChI=1S/C12H11ClN2O2/c1-8-11(17-7-14-8)6-12(16)15-10-5-3-2-4-9(10)13/h2-5,7H,6H2,1H3,(H,15,16). The second-order valence-electron chi connectivity index (χ2n) is 3.57. The van der Waals surface area contributed by atoms with Gasteiger partial charge in [-0.25, -0.2) is 4.98 Å². The van der Waals surface area contributed by atoms with Crippen molar-refractivity contribution >= 4 is 23.2 Å². The lowest BCUT2D eigenvalue weighted by molar-refractivity contribution is -0.115. The number of anilines is 1. The third kappa shape index (κ3) is 2.85. The number of aromatic nitrogens is 1. The molecule has 1 N–H and O–H groups in total. The lowest BCUT2D eigenvalue weighted by atomic mass is 10.2. The van der Waals surface area contributed by atoms with Crippen molar-refractivity contribution in [2.24, 2.45) is 0 Å². The Morgan fingerprint density at radius 3 is 2.88 bits per heavy atom. The summed E-state index contributed by atoms with van der Waals surface area (Å²) in [5.74, 6) is 0.382. The van der Waals surface area contributed by atoms with Crippen LogP contribution in [0.2, 0.25) is 5.02 Å². The highest BCUT2D eigenvalue weighted by atomic mass is 35.5. The number of para-hydroxylation sites is 1. The van der Waals surface area contributed by atoms with E-state index in [0.29, 0.717) is 16.5 Å².